The van der Waals surface area contributed by atoms with Crippen LogP contribution < -0.4 is 5.32 Å². The molecule has 0 bridgehead atoms. The average Bonchev–Trinajstić information content (AvgIpc) is 2.89. The molecule has 3 N–H and O–H groups in total. The number of H-pyrrole nitrogens is 1. The molecule has 1 aromatic heterocycles. The molecule has 120 valence electrons. The van der Waals surface area contributed by atoms with Crippen molar-refractivity contribution in [3.8, 4) is 0 Å². The molecule has 1 aromatic rings. The normalized spacial score (nSPS) is 27.6. The number of imidazole rings is 1. The second-order valence-electron chi connectivity index (χ2n) is 6.35. The Hall–Kier alpha value is -1.57. The van der Waals surface area contributed by atoms with Gasteiger partial charge < -0.3 is 20.3 Å². The Balaban J connectivity index is 1.83. The number of carboxylic acid groups (broad SMARTS) is 1. The molecule has 8 heteroatoms. The van der Waals surface area contributed by atoms with Crippen LogP contribution in [0.4, 0.5) is 4.79 Å². The first-order chi connectivity index (χ1) is 10.4. The maximum absolute atomic E-state index is 12.9. The van der Waals surface area contributed by atoms with Gasteiger partial charge in [-0.2, -0.15) is 0 Å². The third-order valence-electron chi connectivity index (χ3n) is 4.45. The summed E-state index contributed by atoms with van der Waals surface area (Å²) in [5, 5.41) is 11.3. The highest BCUT2D eigenvalue weighted by atomic mass is 79.9. The number of nitrogens with zero attached hydrogens (tertiary/aromatic N) is 2. The molecule has 0 aromatic carbocycles. The van der Waals surface area contributed by atoms with E-state index in [1.165, 1.54) is 0 Å². The summed E-state index contributed by atoms with van der Waals surface area (Å²) in [6, 6.07) is -0.602. The number of nitrogens with one attached hydrogen (secondary N) is 2. The SMILES string of the molecule is CC(C)[C@H](NC(=O)O)C(=O)N1[C@H](c2ncc(Br)[nH]2)C[C@@H]2C[C@@H]21. The van der Waals surface area contributed by atoms with Crippen molar-refractivity contribution < 1.29 is 14.7 Å². The van der Waals surface area contributed by atoms with Gasteiger partial charge in [0.2, 0.25) is 5.91 Å². The molecule has 1 saturated heterocycles. The van der Waals surface area contributed by atoms with E-state index < -0.39 is 12.1 Å². The predicted molar refractivity (Wildman–Crippen MR) is 82.2 cm³/mol. The average molecular weight is 371 g/mol. The Morgan fingerprint density at radius 3 is 2.77 bits per heavy atom. The van der Waals surface area contributed by atoms with Crippen molar-refractivity contribution in [2.24, 2.45) is 11.8 Å². The number of carbonyl (C=O) groups is 2. The fourth-order valence-corrected chi connectivity index (χ4v) is 3.61. The van der Waals surface area contributed by atoms with E-state index >= 15 is 0 Å². The summed E-state index contributed by atoms with van der Waals surface area (Å²) < 4.78 is 0.777. The van der Waals surface area contributed by atoms with E-state index in [1.54, 1.807) is 6.20 Å². The van der Waals surface area contributed by atoms with Crippen molar-refractivity contribution in [2.45, 2.75) is 44.8 Å². The van der Waals surface area contributed by atoms with Crippen LogP contribution in [-0.2, 0) is 4.79 Å². The molecular weight excluding hydrogens is 352 g/mol. The van der Waals surface area contributed by atoms with Crippen LogP contribution in [0, 0.1) is 11.8 Å². The minimum atomic E-state index is -1.17. The zero-order valence-electron chi connectivity index (χ0n) is 12.4. The third-order valence-corrected chi connectivity index (χ3v) is 4.85. The van der Waals surface area contributed by atoms with Crippen LogP contribution in [0.15, 0.2) is 10.8 Å². The molecule has 0 spiro atoms. The number of amides is 2. The van der Waals surface area contributed by atoms with Crippen molar-refractivity contribution >= 4 is 27.9 Å². The van der Waals surface area contributed by atoms with Crippen LogP contribution in [0.1, 0.15) is 38.6 Å². The van der Waals surface area contributed by atoms with Crippen molar-refractivity contribution in [2.75, 3.05) is 0 Å². The molecule has 0 unspecified atom stereocenters. The molecule has 22 heavy (non-hydrogen) atoms. The maximum atomic E-state index is 12.9. The van der Waals surface area contributed by atoms with E-state index in [0.29, 0.717) is 5.92 Å². The lowest BCUT2D eigenvalue weighted by Crippen LogP contribution is -2.51. The molecule has 2 amide bonds. The molecule has 7 nitrogen and oxygen atoms in total. The summed E-state index contributed by atoms with van der Waals surface area (Å²) in [7, 11) is 0. The van der Waals surface area contributed by atoms with Crippen molar-refractivity contribution in [3.63, 3.8) is 0 Å². The zero-order valence-corrected chi connectivity index (χ0v) is 14.0. The number of fused-ring (bicyclic) bond motifs is 1. The number of aromatic nitrogens is 2. The van der Waals surface area contributed by atoms with Gasteiger partial charge in [0, 0.05) is 6.04 Å². The topological polar surface area (TPSA) is 98.3 Å². The van der Waals surface area contributed by atoms with Crippen molar-refractivity contribution in [1.82, 2.24) is 20.2 Å². The number of piperidine rings is 1. The minimum Gasteiger partial charge on any atom is -0.465 e. The van der Waals surface area contributed by atoms with E-state index in [2.05, 4.69) is 31.2 Å². The van der Waals surface area contributed by atoms with Gasteiger partial charge in [-0.05, 0) is 40.6 Å². The molecular formula is C14H19BrN4O3. The molecule has 0 radical (unpaired) electrons. The fraction of sp³-hybridized carbons (Fsp3) is 0.643. The quantitative estimate of drug-likeness (QED) is 0.755. The molecule has 1 aliphatic carbocycles. The van der Waals surface area contributed by atoms with E-state index in [1.807, 2.05) is 18.7 Å². The van der Waals surface area contributed by atoms with Gasteiger partial charge in [0.1, 0.15) is 16.5 Å². The Morgan fingerprint density at radius 2 is 2.23 bits per heavy atom. The lowest BCUT2D eigenvalue weighted by molar-refractivity contribution is -0.136. The first-order valence-electron chi connectivity index (χ1n) is 7.40. The molecule has 1 aliphatic heterocycles. The lowest BCUT2D eigenvalue weighted by Gasteiger charge is -2.31. The summed E-state index contributed by atoms with van der Waals surface area (Å²) in [6.07, 6.45) is 2.39. The van der Waals surface area contributed by atoms with Crippen LogP contribution in [-0.4, -0.2) is 44.1 Å². The Morgan fingerprint density at radius 1 is 1.50 bits per heavy atom. The summed E-state index contributed by atoms with van der Waals surface area (Å²) in [5.41, 5.74) is 0. The van der Waals surface area contributed by atoms with Gasteiger partial charge in [0.25, 0.3) is 0 Å². The van der Waals surface area contributed by atoms with E-state index in [4.69, 9.17) is 5.11 Å². The second kappa shape index (κ2) is 5.57. The monoisotopic (exact) mass is 370 g/mol. The standard InChI is InChI=1S/C14H19BrN4O3/c1-6(2)11(18-14(21)22)13(20)19-8-3-7(8)4-9(19)12-16-5-10(15)17-12/h5-9,11,18H,3-4H2,1-2H3,(H,16,17)(H,21,22)/t7-,8-,9-,11-/m0/s1. The van der Waals surface area contributed by atoms with Gasteiger partial charge in [0.15, 0.2) is 0 Å². The van der Waals surface area contributed by atoms with Gasteiger partial charge >= 0.3 is 6.09 Å². The van der Waals surface area contributed by atoms with Gasteiger partial charge in [-0.15, -0.1) is 0 Å². The fourth-order valence-electron chi connectivity index (χ4n) is 3.31. The molecule has 2 aliphatic rings. The number of carbonyl (C=O) groups excluding carboxylic acids is 1. The van der Waals surface area contributed by atoms with E-state index in [0.717, 1.165) is 23.3 Å². The number of hydrogen-bond acceptors (Lipinski definition) is 3. The third kappa shape index (κ3) is 2.71. The molecule has 1 saturated carbocycles. The Bertz CT molecular complexity index is 603. The molecule has 3 rings (SSSR count). The van der Waals surface area contributed by atoms with Crippen molar-refractivity contribution in [1.29, 1.82) is 0 Å². The summed E-state index contributed by atoms with van der Waals surface area (Å²) >= 11 is 3.34. The molecule has 4 atom stereocenters. The van der Waals surface area contributed by atoms with Crippen LogP contribution in [0.3, 0.4) is 0 Å². The largest absolute Gasteiger partial charge is 0.465 e. The highest BCUT2D eigenvalue weighted by molar-refractivity contribution is 9.10. The number of hydrogen-bond donors (Lipinski definition) is 3. The van der Waals surface area contributed by atoms with Gasteiger partial charge in [-0.1, -0.05) is 13.8 Å². The Labute approximate surface area is 136 Å². The number of halogens is 1. The van der Waals surface area contributed by atoms with E-state index in [-0.39, 0.29) is 23.9 Å². The van der Waals surface area contributed by atoms with Crippen LogP contribution in [0.2, 0.25) is 0 Å². The van der Waals surface area contributed by atoms with Crippen LogP contribution in [0.25, 0.3) is 0 Å². The smallest absolute Gasteiger partial charge is 0.405 e. The highest BCUT2D eigenvalue weighted by Gasteiger charge is 2.56. The maximum Gasteiger partial charge on any atom is 0.405 e. The van der Waals surface area contributed by atoms with Crippen LogP contribution in [0.5, 0.6) is 0 Å². The number of likely N-dealkylation sites (tertiary alicyclic amines) is 1. The first-order valence-corrected chi connectivity index (χ1v) is 8.19. The summed E-state index contributed by atoms with van der Waals surface area (Å²) in [4.78, 5) is 33.1. The molecule has 2 heterocycles. The minimum absolute atomic E-state index is 0.0978. The predicted octanol–water partition coefficient (Wildman–Crippen LogP) is 2.13. The Kier molecular flexibility index (Phi) is 3.88. The van der Waals surface area contributed by atoms with Gasteiger partial charge in [0.05, 0.1) is 12.2 Å². The van der Waals surface area contributed by atoms with Gasteiger partial charge in [-0.25, -0.2) is 9.78 Å². The lowest BCUT2D eigenvalue weighted by atomic mass is 10.0. The number of rotatable bonds is 4. The number of aromatic amines is 1. The van der Waals surface area contributed by atoms with Crippen LogP contribution >= 0.6 is 15.9 Å². The second-order valence-corrected chi connectivity index (χ2v) is 7.20. The van der Waals surface area contributed by atoms with Crippen molar-refractivity contribution in [3.05, 3.63) is 16.6 Å². The summed E-state index contributed by atoms with van der Waals surface area (Å²) in [5.74, 6) is 1.01. The van der Waals surface area contributed by atoms with Gasteiger partial charge in [-0.3, -0.25) is 4.79 Å². The highest BCUT2D eigenvalue weighted by Crippen LogP contribution is 2.53. The zero-order chi connectivity index (χ0) is 16.0. The molecule has 2 fully saturated rings. The summed E-state index contributed by atoms with van der Waals surface area (Å²) in [6.45, 7) is 3.69. The first kappa shape index (κ1) is 15.3. The van der Waals surface area contributed by atoms with E-state index in [9.17, 15) is 9.59 Å².